The van der Waals surface area contributed by atoms with E-state index in [0.717, 1.165) is 0 Å². The van der Waals surface area contributed by atoms with Crippen molar-refractivity contribution in [3.63, 3.8) is 0 Å². The molecule has 0 aliphatic carbocycles. The summed E-state index contributed by atoms with van der Waals surface area (Å²) in [6, 6.07) is 9.69. The molecule has 0 spiro atoms. The maximum absolute atomic E-state index is 14.0. The molecule has 3 N–H and O–H groups in total. The molecule has 0 aliphatic rings. The summed E-state index contributed by atoms with van der Waals surface area (Å²) in [6.07, 6.45) is 0. The molecule has 1 atom stereocenters. The van der Waals surface area contributed by atoms with Gasteiger partial charge in [0.2, 0.25) is 0 Å². The van der Waals surface area contributed by atoms with Gasteiger partial charge in [-0.25, -0.2) is 14.2 Å². The number of benzene rings is 2. The standard InChI is InChI=1S/C14H14F2N2O/c1-19-11-5-6-12(13(16)8-11)14(18-17)9-3-2-4-10(15)7-9/h2-8,14,18H,17H2,1H3. The van der Waals surface area contributed by atoms with Gasteiger partial charge in [-0.3, -0.25) is 5.84 Å². The summed E-state index contributed by atoms with van der Waals surface area (Å²) < 4.78 is 32.1. The molecule has 0 heterocycles. The van der Waals surface area contributed by atoms with E-state index in [-0.39, 0.29) is 0 Å². The molecule has 5 heteroatoms. The average molecular weight is 264 g/mol. The second-order valence-electron chi connectivity index (χ2n) is 4.04. The van der Waals surface area contributed by atoms with Gasteiger partial charge in [-0.15, -0.1) is 0 Å². The highest BCUT2D eigenvalue weighted by molar-refractivity contribution is 5.36. The molecular weight excluding hydrogens is 250 g/mol. The third-order valence-electron chi connectivity index (χ3n) is 2.87. The Labute approximate surface area is 110 Å². The first kappa shape index (κ1) is 13.5. The van der Waals surface area contributed by atoms with Crippen molar-refractivity contribution in [3.8, 4) is 5.75 Å². The van der Waals surface area contributed by atoms with Crippen molar-refractivity contribution in [2.75, 3.05) is 7.11 Å². The SMILES string of the molecule is COc1ccc(C(NN)c2cccc(F)c2)c(F)c1. The fourth-order valence-corrected chi connectivity index (χ4v) is 1.92. The van der Waals surface area contributed by atoms with Crippen LogP contribution in [0.1, 0.15) is 17.2 Å². The first-order chi connectivity index (χ1) is 9.15. The lowest BCUT2D eigenvalue weighted by Crippen LogP contribution is -2.29. The molecule has 0 aromatic heterocycles. The fraction of sp³-hybridized carbons (Fsp3) is 0.143. The Balaban J connectivity index is 2.42. The zero-order valence-corrected chi connectivity index (χ0v) is 10.4. The number of nitrogens with two attached hydrogens (primary N) is 1. The molecule has 0 aliphatic heterocycles. The minimum absolute atomic E-state index is 0.328. The van der Waals surface area contributed by atoms with Crippen molar-refractivity contribution in [2.24, 2.45) is 5.84 Å². The fourth-order valence-electron chi connectivity index (χ4n) is 1.92. The topological polar surface area (TPSA) is 47.3 Å². The van der Waals surface area contributed by atoms with Gasteiger partial charge < -0.3 is 4.74 Å². The molecular formula is C14H14F2N2O. The summed E-state index contributed by atoms with van der Waals surface area (Å²) >= 11 is 0. The van der Waals surface area contributed by atoms with E-state index in [1.165, 1.54) is 25.3 Å². The van der Waals surface area contributed by atoms with Crippen LogP contribution in [0, 0.1) is 11.6 Å². The third kappa shape index (κ3) is 2.89. The summed E-state index contributed by atoms with van der Waals surface area (Å²) in [5.74, 6) is 5.01. The first-order valence-corrected chi connectivity index (χ1v) is 5.70. The number of halogens is 2. The molecule has 1 unspecified atom stereocenters. The highest BCUT2D eigenvalue weighted by Crippen LogP contribution is 2.26. The molecule has 0 bridgehead atoms. The lowest BCUT2D eigenvalue weighted by Gasteiger charge is -2.18. The smallest absolute Gasteiger partial charge is 0.132 e. The summed E-state index contributed by atoms with van der Waals surface area (Å²) in [6.45, 7) is 0. The van der Waals surface area contributed by atoms with E-state index >= 15 is 0 Å². The lowest BCUT2D eigenvalue weighted by molar-refractivity contribution is 0.410. The van der Waals surface area contributed by atoms with Crippen LogP contribution in [0.5, 0.6) is 5.75 Å². The van der Waals surface area contributed by atoms with Crippen molar-refractivity contribution in [2.45, 2.75) is 6.04 Å². The van der Waals surface area contributed by atoms with Gasteiger partial charge in [0.25, 0.3) is 0 Å². The van der Waals surface area contributed by atoms with Crippen LogP contribution < -0.4 is 16.0 Å². The van der Waals surface area contributed by atoms with Crippen LogP contribution in [0.15, 0.2) is 42.5 Å². The molecule has 0 fully saturated rings. The monoisotopic (exact) mass is 264 g/mol. The molecule has 2 rings (SSSR count). The van der Waals surface area contributed by atoms with Crippen molar-refractivity contribution in [3.05, 3.63) is 65.2 Å². The summed E-state index contributed by atoms with van der Waals surface area (Å²) in [4.78, 5) is 0. The van der Waals surface area contributed by atoms with Crippen LogP contribution in [0.2, 0.25) is 0 Å². The minimum Gasteiger partial charge on any atom is -0.497 e. The number of rotatable bonds is 4. The quantitative estimate of drug-likeness (QED) is 0.659. The number of ether oxygens (including phenoxy) is 1. The van der Waals surface area contributed by atoms with Gasteiger partial charge in [0.1, 0.15) is 17.4 Å². The Morgan fingerprint density at radius 3 is 2.53 bits per heavy atom. The van der Waals surface area contributed by atoms with Crippen LogP contribution in [0.3, 0.4) is 0 Å². The Bertz CT molecular complexity index is 575. The second kappa shape index (κ2) is 5.77. The molecule has 19 heavy (non-hydrogen) atoms. The van der Waals surface area contributed by atoms with Gasteiger partial charge >= 0.3 is 0 Å². The van der Waals surface area contributed by atoms with E-state index in [9.17, 15) is 8.78 Å². The molecule has 0 saturated carbocycles. The van der Waals surface area contributed by atoms with E-state index < -0.39 is 17.7 Å². The van der Waals surface area contributed by atoms with Crippen molar-refractivity contribution in [1.82, 2.24) is 5.43 Å². The third-order valence-corrected chi connectivity index (χ3v) is 2.87. The number of nitrogens with one attached hydrogen (secondary N) is 1. The van der Waals surface area contributed by atoms with Crippen LogP contribution in [-0.4, -0.2) is 7.11 Å². The van der Waals surface area contributed by atoms with E-state index in [1.54, 1.807) is 24.3 Å². The average Bonchev–Trinajstić information content (AvgIpc) is 2.41. The number of hydrazine groups is 1. The maximum Gasteiger partial charge on any atom is 0.132 e. The van der Waals surface area contributed by atoms with E-state index in [0.29, 0.717) is 16.9 Å². The largest absolute Gasteiger partial charge is 0.497 e. The molecule has 0 radical (unpaired) electrons. The summed E-state index contributed by atoms with van der Waals surface area (Å²) in [5, 5.41) is 0. The predicted octanol–water partition coefficient (Wildman–Crippen LogP) is 2.53. The lowest BCUT2D eigenvalue weighted by atomic mass is 9.98. The predicted molar refractivity (Wildman–Crippen MR) is 68.5 cm³/mol. The molecule has 0 amide bonds. The van der Waals surface area contributed by atoms with Gasteiger partial charge in [0.05, 0.1) is 13.2 Å². The van der Waals surface area contributed by atoms with Crippen molar-refractivity contribution < 1.29 is 13.5 Å². The van der Waals surface area contributed by atoms with E-state index in [1.807, 2.05) is 0 Å². The van der Waals surface area contributed by atoms with Crippen LogP contribution in [0.25, 0.3) is 0 Å². The van der Waals surface area contributed by atoms with Gasteiger partial charge in [0, 0.05) is 11.6 Å². The Morgan fingerprint density at radius 2 is 1.95 bits per heavy atom. The van der Waals surface area contributed by atoms with Crippen molar-refractivity contribution in [1.29, 1.82) is 0 Å². The molecule has 2 aromatic carbocycles. The van der Waals surface area contributed by atoms with Gasteiger partial charge in [-0.2, -0.15) is 0 Å². The van der Waals surface area contributed by atoms with Gasteiger partial charge in [-0.05, 0) is 23.8 Å². The zero-order valence-electron chi connectivity index (χ0n) is 10.4. The minimum atomic E-state index is -0.624. The normalized spacial score (nSPS) is 12.2. The highest BCUT2D eigenvalue weighted by Gasteiger charge is 2.17. The number of hydrogen-bond donors (Lipinski definition) is 2. The highest BCUT2D eigenvalue weighted by atomic mass is 19.1. The Morgan fingerprint density at radius 1 is 1.16 bits per heavy atom. The first-order valence-electron chi connectivity index (χ1n) is 5.70. The van der Waals surface area contributed by atoms with Crippen LogP contribution in [0.4, 0.5) is 8.78 Å². The summed E-state index contributed by atoms with van der Waals surface area (Å²) in [7, 11) is 1.46. The Hall–Kier alpha value is -1.98. The maximum atomic E-state index is 14.0. The Kier molecular flexibility index (Phi) is 4.09. The number of methoxy groups -OCH3 is 1. The number of hydrogen-bond acceptors (Lipinski definition) is 3. The van der Waals surface area contributed by atoms with E-state index in [2.05, 4.69) is 5.43 Å². The second-order valence-corrected chi connectivity index (χ2v) is 4.04. The van der Waals surface area contributed by atoms with E-state index in [4.69, 9.17) is 10.6 Å². The molecule has 0 saturated heterocycles. The molecule has 2 aromatic rings. The summed E-state index contributed by atoms with van der Waals surface area (Å²) in [5.41, 5.74) is 3.37. The van der Waals surface area contributed by atoms with Gasteiger partial charge in [-0.1, -0.05) is 18.2 Å². The van der Waals surface area contributed by atoms with Crippen molar-refractivity contribution >= 4 is 0 Å². The van der Waals surface area contributed by atoms with Crippen LogP contribution in [-0.2, 0) is 0 Å². The zero-order chi connectivity index (χ0) is 13.8. The van der Waals surface area contributed by atoms with Crippen LogP contribution >= 0.6 is 0 Å². The molecule has 3 nitrogen and oxygen atoms in total. The van der Waals surface area contributed by atoms with Gasteiger partial charge in [0.15, 0.2) is 0 Å². The molecule has 100 valence electrons.